The zero-order chi connectivity index (χ0) is 15.2. The van der Waals surface area contributed by atoms with Crippen LogP contribution in [0, 0.1) is 0 Å². The van der Waals surface area contributed by atoms with Crippen LogP contribution in [0.1, 0.15) is 11.1 Å². The lowest BCUT2D eigenvalue weighted by molar-refractivity contribution is 0.103. The molecule has 1 saturated heterocycles. The highest BCUT2D eigenvalue weighted by Crippen LogP contribution is 2.12. The smallest absolute Gasteiger partial charge is 0.407 e. The highest BCUT2D eigenvalue weighted by molar-refractivity contribution is 7.59. The van der Waals surface area contributed by atoms with Crippen LogP contribution in [-0.2, 0) is 17.8 Å². The highest BCUT2D eigenvalue weighted by atomic mass is 32.1. The number of hydrogen-bond acceptors (Lipinski definition) is 3. The summed E-state index contributed by atoms with van der Waals surface area (Å²) in [5.74, 6) is 0. The molecule has 1 fully saturated rings. The molecule has 0 spiro atoms. The summed E-state index contributed by atoms with van der Waals surface area (Å²) >= 11 is 0. The third-order valence-corrected chi connectivity index (χ3v) is 3.71. The fourth-order valence-corrected chi connectivity index (χ4v) is 2.69. The van der Waals surface area contributed by atoms with E-state index in [9.17, 15) is 4.79 Å². The van der Waals surface area contributed by atoms with Crippen LogP contribution in [-0.4, -0.2) is 30.2 Å². The maximum atomic E-state index is 11.2. The topological polar surface area (TPSA) is 41.6 Å². The van der Waals surface area contributed by atoms with E-state index < -0.39 is 0 Å². The summed E-state index contributed by atoms with van der Waals surface area (Å²) < 4.78 is 5.28. The van der Waals surface area contributed by atoms with Gasteiger partial charge in [-0.3, -0.25) is 4.90 Å². The van der Waals surface area contributed by atoms with Crippen LogP contribution in [0.25, 0.3) is 0 Å². The van der Waals surface area contributed by atoms with Crippen molar-refractivity contribution >= 4 is 19.6 Å². The van der Waals surface area contributed by atoms with Gasteiger partial charge >= 0.3 is 6.09 Å². The van der Waals surface area contributed by atoms with Gasteiger partial charge in [-0.2, -0.15) is 13.5 Å². The number of nitrogens with one attached hydrogen (secondary N) is 1. The Bertz CT molecular complexity index is 565. The van der Waals surface area contributed by atoms with Gasteiger partial charge in [0, 0.05) is 19.6 Å². The van der Waals surface area contributed by atoms with Crippen LogP contribution in [0.3, 0.4) is 0 Å². The second kappa shape index (κ2) is 8.60. The first kappa shape index (κ1) is 17.4. The van der Waals surface area contributed by atoms with E-state index in [2.05, 4.69) is 34.5 Å². The van der Waals surface area contributed by atoms with E-state index >= 15 is 0 Å². The predicted octanol–water partition coefficient (Wildman–Crippen LogP) is 2.91. The Balaban J connectivity index is 0.00000192. The van der Waals surface area contributed by atoms with Gasteiger partial charge in [0.25, 0.3) is 0 Å². The lowest BCUT2D eigenvalue weighted by Crippen LogP contribution is -2.33. The standard InChI is InChI=1S/C18H20N2O2.H2S/c21-18-19-11-17(22-18)14-20(12-15-7-3-1-4-8-15)13-16-9-5-2-6-10-16;/h1-10,17H,11-14H2,(H,19,21);1H2/t17-;/m0./s1. The number of hydrogen-bond donors (Lipinski definition) is 1. The van der Waals surface area contributed by atoms with Gasteiger partial charge in [-0.05, 0) is 11.1 Å². The number of rotatable bonds is 6. The Kier molecular flexibility index (Phi) is 6.50. The van der Waals surface area contributed by atoms with Crippen LogP contribution < -0.4 is 5.32 Å². The summed E-state index contributed by atoms with van der Waals surface area (Å²) in [5.41, 5.74) is 2.52. The SMILES string of the molecule is O=C1NC[C@@H](CN(Cc2ccccc2)Cc2ccccc2)O1.S. The van der Waals surface area contributed by atoms with Crippen molar-refractivity contribution in [3.05, 3.63) is 71.8 Å². The molecule has 2 aromatic carbocycles. The number of benzene rings is 2. The maximum absolute atomic E-state index is 11.2. The molecule has 5 heteroatoms. The van der Waals surface area contributed by atoms with E-state index in [0.29, 0.717) is 6.54 Å². The normalized spacial score (nSPS) is 16.6. The first-order valence-electron chi connectivity index (χ1n) is 7.54. The number of ether oxygens (including phenoxy) is 1. The molecule has 23 heavy (non-hydrogen) atoms. The minimum absolute atomic E-state index is 0. The summed E-state index contributed by atoms with van der Waals surface area (Å²) in [5, 5.41) is 2.71. The number of nitrogens with zero attached hydrogens (tertiary/aromatic N) is 1. The largest absolute Gasteiger partial charge is 0.443 e. The van der Waals surface area contributed by atoms with Gasteiger partial charge in [0.05, 0.1) is 6.54 Å². The molecule has 3 rings (SSSR count). The third-order valence-electron chi connectivity index (χ3n) is 3.71. The molecular weight excluding hydrogens is 308 g/mol. The molecular formula is C18H22N2O2S. The highest BCUT2D eigenvalue weighted by Gasteiger charge is 2.24. The number of amides is 1. The van der Waals surface area contributed by atoms with E-state index in [-0.39, 0.29) is 25.7 Å². The number of carbonyl (C=O) groups excluding carboxylic acids is 1. The molecule has 0 bridgehead atoms. The predicted molar refractivity (Wildman–Crippen MR) is 95.7 cm³/mol. The summed E-state index contributed by atoms with van der Waals surface area (Å²) in [6.45, 7) is 2.98. The summed E-state index contributed by atoms with van der Waals surface area (Å²) in [4.78, 5) is 13.5. The summed E-state index contributed by atoms with van der Waals surface area (Å²) in [7, 11) is 0. The minimum Gasteiger partial charge on any atom is -0.443 e. The first-order valence-corrected chi connectivity index (χ1v) is 7.54. The fraction of sp³-hybridized carbons (Fsp3) is 0.278. The number of cyclic esters (lactones) is 1. The molecule has 0 saturated carbocycles. The van der Waals surface area contributed by atoms with Crippen molar-refractivity contribution in [3.63, 3.8) is 0 Å². The van der Waals surface area contributed by atoms with Crippen molar-refractivity contribution in [3.8, 4) is 0 Å². The van der Waals surface area contributed by atoms with Crippen molar-refractivity contribution in [1.29, 1.82) is 0 Å². The maximum Gasteiger partial charge on any atom is 0.407 e. The Labute approximate surface area is 143 Å². The molecule has 1 amide bonds. The van der Waals surface area contributed by atoms with E-state index in [4.69, 9.17) is 4.74 Å². The number of alkyl carbamates (subject to hydrolysis) is 1. The second-order valence-corrected chi connectivity index (χ2v) is 5.55. The van der Waals surface area contributed by atoms with Gasteiger partial charge in [-0.15, -0.1) is 0 Å². The minimum atomic E-state index is -0.315. The quantitative estimate of drug-likeness (QED) is 0.885. The van der Waals surface area contributed by atoms with Crippen LogP contribution >= 0.6 is 13.5 Å². The van der Waals surface area contributed by atoms with Crippen LogP contribution in [0.5, 0.6) is 0 Å². The zero-order valence-electron chi connectivity index (χ0n) is 12.9. The molecule has 0 unspecified atom stereocenters. The van der Waals surface area contributed by atoms with Crippen LogP contribution in [0.2, 0.25) is 0 Å². The van der Waals surface area contributed by atoms with E-state index in [0.717, 1.165) is 19.6 Å². The van der Waals surface area contributed by atoms with Crippen LogP contribution in [0.15, 0.2) is 60.7 Å². The van der Waals surface area contributed by atoms with Crippen molar-refractivity contribution in [1.82, 2.24) is 10.2 Å². The van der Waals surface area contributed by atoms with Gasteiger partial charge in [-0.25, -0.2) is 4.79 Å². The molecule has 122 valence electrons. The average Bonchev–Trinajstić information content (AvgIpc) is 2.94. The van der Waals surface area contributed by atoms with Crippen molar-refractivity contribution in [2.75, 3.05) is 13.1 Å². The van der Waals surface area contributed by atoms with Gasteiger partial charge in [-0.1, -0.05) is 60.7 Å². The molecule has 1 heterocycles. The third kappa shape index (κ3) is 5.30. The summed E-state index contributed by atoms with van der Waals surface area (Å²) in [6, 6.07) is 20.7. The van der Waals surface area contributed by atoms with Crippen molar-refractivity contribution in [2.24, 2.45) is 0 Å². The zero-order valence-corrected chi connectivity index (χ0v) is 13.9. The second-order valence-electron chi connectivity index (χ2n) is 5.55. The van der Waals surface area contributed by atoms with Gasteiger partial charge < -0.3 is 10.1 Å². The van der Waals surface area contributed by atoms with Gasteiger partial charge in [0.2, 0.25) is 0 Å². The molecule has 4 nitrogen and oxygen atoms in total. The van der Waals surface area contributed by atoms with E-state index in [1.807, 2.05) is 36.4 Å². The van der Waals surface area contributed by atoms with Gasteiger partial charge in [0.15, 0.2) is 0 Å². The Hall–Kier alpha value is -1.98. The van der Waals surface area contributed by atoms with Crippen molar-refractivity contribution in [2.45, 2.75) is 19.2 Å². The Morgan fingerprint density at radius 2 is 1.48 bits per heavy atom. The molecule has 1 aliphatic heterocycles. The molecule has 0 aliphatic carbocycles. The van der Waals surface area contributed by atoms with Gasteiger partial charge in [0.1, 0.15) is 6.10 Å². The lowest BCUT2D eigenvalue weighted by atomic mass is 10.1. The first-order chi connectivity index (χ1) is 10.8. The molecule has 1 N–H and O–H groups in total. The molecule has 0 radical (unpaired) electrons. The van der Waals surface area contributed by atoms with Crippen LogP contribution in [0.4, 0.5) is 4.79 Å². The molecule has 1 atom stereocenters. The average molecular weight is 330 g/mol. The van der Waals surface area contributed by atoms with Crippen molar-refractivity contribution < 1.29 is 9.53 Å². The Morgan fingerprint density at radius 3 is 1.91 bits per heavy atom. The molecule has 0 aromatic heterocycles. The fourth-order valence-electron chi connectivity index (χ4n) is 2.69. The monoisotopic (exact) mass is 330 g/mol. The van der Waals surface area contributed by atoms with E-state index in [1.54, 1.807) is 0 Å². The molecule has 2 aromatic rings. The van der Waals surface area contributed by atoms with E-state index in [1.165, 1.54) is 11.1 Å². The number of carbonyl (C=O) groups is 1. The summed E-state index contributed by atoms with van der Waals surface area (Å²) in [6.07, 6.45) is -0.399. The Morgan fingerprint density at radius 1 is 0.957 bits per heavy atom. The lowest BCUT2D eigenvalue weighted by Gasteiger charge is -2.24. The molecule has 1 aliphatic rings.